The molecule has 35 heavy (non-hydrogen) atoms. The number of benzene rings is 3. The van der Waals surface area contributed by atoms with Crippen LogP contribution in [-0.2, 0) is 6.42 Å². The molecule has 0 aliphatic heterocycles. The third-order valence-corrected chi connectivity index (χ3v) is 6.26. The fraction of sp³-hybridized carbons (Fsp3) is 0.185. The molecular formula is C27H25Cl2N3O3. The van der Waals surface area contributed by atoms with Gasteiger partial charge in [-0.25, -0.2) is 4.68 Å². The summed E-state index contributed by atoms with van der Waals surface area (Å²) in [6.45, 7) is 0.502. The van der Waals surface area contributed by atoms with Crippen molar-refractivity contribution in [1.29, 1.82) is 0 Å². The maximum absolute atomic E-state index is 13.5. The van der Waals surface area contributed by atoms with Crippen LogP contribution in [-0.4, -0.2) is 48.4 Å². The summed E-state index contributed by atoms with van der Waals surface area (Å²) in [5.41, 5.74) is 3.55. The third kappa shape index (κ3) is 5.45. The summed E-state index contributed by atoms with van der Waals surface area (Å²) >= 11 is 12.5. The average molecular weight is 510 g/mol. The molecule has 1 amide bonds. The number of nitrogens with zero attached hydrogens (tertiary/aromatic N) is 3. The van der Waals surface area contributed by atoms with Crippen molar-refractivity contribution < 1.29 is 14.3 Å². The minimum absolute atomic E-state index is 0.161. The first kappa shape index (κ1) is 24.6. The molecule has 1 aromatic heterocycles. The number of ether oxygens (including phenoxy) is 2. The molecule has 8 heteroatoms. The van der Waals surface area contributed by atoms with Gasteiger partial charge in [0, 0.05) is 24.2 Å². The molecule has 0 aliphatic carbocycles. The van der Waals surface area contributed by atoms with Crippen LogP contribution in [0.25, 0.3) is 16.9 Å². The van der Waals surface area contributed by atoms with Gasteiger partial charge in [-0.05, 0) is 60.5 Å². The van der Waals surface area contributed by atoms with Crippen molar-refractivity contribution >= 4 is 29.1 Å². The van der Waals surface area contributed by atoms with Crippen LogP contribution >= 0.6 is 23.2 Å². The largest absolute Gasteiger partial charge is 0.493 e. The number of carbonyl (C=O) groups excluding carboxylic acids is 1. The van der Waals surface area contributed by atoms with Crippen LogP contribution in [0.5, 0.6) is 11.5 Å². The molecule has 180 valence electrons. The summed E-state index contributed by atoms with van der Waals surface area (Å²) in [6, 6.07) is 22.1. The maximum atomic E-state index is 13.5. The Kier molecular flexibility index (Phi) is 7.63. The molecule has 0 bridgehead atoms. The molecule has 0 saturated heterocycles. The highest BCUT2D eigenvalue weighted by atomic mass is 35.5. The van der Waals surface area contributed by atoms with Crippen LogP contribution in [0.3, 0.4) is 0 Å². The lowest BCUT2D eigenvalue weighted by Crippen LogP contribution is -2.30. The van der Waals surface area contributed by atoms with E-state index in [1.54, 1.807) is 55.1 Å². The predicted molar refractivity (Wildman–Crippen MR) is 139 cm³/mol. The quantitative estimate of drug-likeness (QED) is 0.284. The van der Waals surface area contributed by atoms with E-state index in [2.05, 4.69) is 0 Å². The van der Waals surface area contributed by atoms with Crippen molar-refractivity contribution in [3.05, 3.63) is 94.1 Å². The zero-order valence-corrected chi connectivity index (χ0v) is 21.2. The number of carbonyl (C=O) groups is 1. The number of halogens is 2. The molecule has 1 heterocycles. The number of hydrogen-bond donors (Lipinski definition) is 0. The Hall–Kier alpha value is -3.48. The minimum atomic E-state index is -0.161. The zero-order chi connectivity index (χ0) is 24.9. The second-order valence-electron chi connectivity index (χ2n) is 7.95. The number of methoxy groups -OCH3 is 2. The van der Waals surface area contributed by atoms with Crippen molar-refractivity contribution in [2.75, 3.05) is 27.8 Å². The fourth-order valence-electron chi connectivity index (χ4n) is 3.74. The van der Waals surface area contributed by atoms with E-state index in [0.717, 1.165) is 16.8 Å². The lowest BCUT2D eigenvalue weighted by atomic mass is 10.1. The summed E-state index contributed by atoms with van der Waals surface area (Å²) in [6.07, 6.45) is 0.648. The van der Waals surface area contributed by atoms with Crippen molar-refractivity contribution in [3.8, 4) is 28.4 Å². The van der Waals surface area contributed by atoms with Gasteiger partial charge in [-0.1, -0.05) is 47.5 Å². The Labute approximate surface area is 214 Å². The average Bonchev–Trinajstić information content (AvgIpc) is 3.32. The first-order valence-electron chi connectivity index (χ1n) is 11.0. The van der Waals surface area contributed by atoms with E-state index in [4.69, 9.17) is 37.8 Å². The van der Waals surface area contributed by atoms with Gasteiger partial charge in [-0.3, -0.25) is 4.79 Å². The highest BCUT2D eigenvalue weighted by Gasteiger charge is 2.22. The normalized spacial score (nSPS) is 10.8. The lowest BCUT2D eigenvalue weighted by Gasteiger charge is -2.18. The molecule has 0 aliphatic rings. The van der Waals surface area contributed by atoms with Gasteiger partial charge in [0.1, 0.15) is 5.69 Å². The molecule has 0 unspecified atom stereocenters. The number of amides is 1. The first-order valence-corrected chi connectivity index (χ1v) is 11.7. The van der Waals surface area contributed by atoms with Crippen molar-refractivity contribution in [3.63, 3.8) is 0 Å². The van der Waals surface area contributed by atoms with Gasteiger partial charge < -0.3 is 14.4 Å². The lowest BCUT2D eigenvalue weighted by molar-refractivity contribution is 0.0787. The highest BCUT2D eigenvalue weighted by molar-refractivity contribution is 6.33. The molecule has 0 fully saturated rings. The van der Waals surface area contributed by atoms with Gasteiger partial charge in [0.05, 0.1) is 30.6 Å². The molecule has 4 rings (SSSR count). The van der Waals surface area contributed by atoms with Crippen LogP contribution in [0.1, 0.15) is 16.1 Å². The number of hydrogen-bond acceptors (Lipinski definition) is 4. The predicted octanol–water partition coefficient (Wildman–Crippen LogP) is 6.18. The number of rotatable bonds is 8. The molecule has 3 aromatic carbocycles. The maximum Gasteiger partial charge on any atom is 0.272 e. The van der Waals surface area contributed by atoms with E-state index in [1.165, 1.54) is 0 Å². The molecule has 0 N–H and O–H groups in total. The molecule has 0 radical (unpaired) electrons. The Bertz CT molecular complexity index is 1340. The molecule has 0 atom stereocenters. The Morgan fingerprint density at radius 1 is 0.943 bits per heavy atom. The molecule has 4 aromatic rings. The topological polar surface area (TPSA) is 56.6 Å². The van der Waals surface area contributed by atoms with Crippen molar-refractivity contribution in [1.82, 2.24) is 14.7 Å². The Morgan fingerprint density at radius 2 is 1.66 bits per heavy atom. The van der Waals surface area contributed by atoms with Gasteiger partial charge in [0.25, 0.3) is 5.91 Å². The van der Waals surface area contributed by atoms with E-state index in [0.29, 0.717) is 45.9 Å². The third-order valence-electron chi connectivity index (χ3n) is 5.68. The number of aromatic nitrogens is 2. The Balaban J connectivity index is 1.62. The zero-order valence-electron chi connectivity index (χ0n) is 19.7. The minimum Gasteiger partial charge on any atom is -0.493 e. The molecule has 0 saturated carbocycles. The highest BCUT2D eigenvalue weighted by Crippen LogP contribution is 2.30. The van der Waals surface area contributed by atoms with Crippen LogP contribution in [0, 0.1) is 0 Å². The SMILES string of the molecule is COc1ccc(CCN(C)C(=O)c2cc(-c3ccccc3Cl)nn2-c2ccc(Cl)cc2)cc1OC. The Morgan fingerprint density at radius 3 is 2.34 bits per heavy atom. The van der Waals surface area contributed by atoms with Gasteiger partial charge in [0.15, 0.2) is 11.5 Å². The second-order valence-corrected chi connectivity index (χ2v) is 8.79. The van der Waals surface area contributed by atoms with E-state index >= 15 is 0 Å². The van der Waals surface area contributed by atoms with Gasteiger partial charge in [-0.2, -0.15) is 5.10 Å². The summed E-state index contributed by atoms with van der Waals surface area (Å²) in [5.74, 6) is 1.16. The summed E-state index contributed by atoms with van der Waals surface area (Å²) < 4.78 is 12.3. The standard InChI is InChI=1S/C27H25Cl2N3O3/c1-31(15-14-18-8-13-25(34-2)26(16-18)35-3)27(33)24-17-23(21-6-4-5-7-22(21)29)30-32(24)20-11-9-19(28)10-12-20/h4-13,16-17H,14-15H2,1-3H3. The van der Waals surface area contributed by atoms with Crippen molar-refractivity contribution in [2.24, 2.45) is 0 Å². The number of likely N-dealkylation sites (N-methyl/N-ethyl adjacent to an activating group) is 1. The first-order chi connectivity index (χ1) is 16.9. The second kappa shape index (κ2) is 10.8. The fourth-order valence-corrected chi connectivity index (χ4v) is 4.10. The molecular weight excluding hydrogens is 485 g/mol. The molecule has 6 nitrogen and oxygen atoms in total. The monoisotopic (exact) mass is 509 g/mol. The van der Waals surface area contributed by atoms with E-state index < -0.39 is 0 Å². The van der Waals surface area contributed by atoms with E-state index in [1.807, 2.05) is 48.5 Å². The van der Waals surface area contributed by atoms with Gasteiger partial charge >= 0.3 is 0 Å². The van der Waals surface area contributed by atoms with Crippen LogP contribution < -0.4 is 9.47 Å². The van der Waals surface area contributed by atoms with Crippen LogP contribution in [0.4, 0.5) is 0 Å². The smallest absolute Gasteiger partial charge is 0.272 e. The summed E-state index contributed by atoms with van der Waals surface area (Å²) in [4.78, 5) is 15.2. The summed E-state index contributed by atoms with van der Waals surface area (Å²) in [5, 5.41) is 5.88. The van der Waals surface area contributed by atoms with Crippen molar-refractivity contribution in [2.45, 2.75) is 6.42 Å². The van der Waals surface area contributed by atoms with E-state index in [-0.39, 0.29) is 5.91 Å². The van der Waals surface area contributed by atoms with Gasteiger partial charge in [0.2, 0.25) is 0 Å². The summed E-state index contributed by atoms with van der Waals surface area (Å²) in [7, 11) is 4.98. The van der Waals surface area contributed by atoms with Crippen LogP contribution in [0.2, 0.25) is 10.0 Å². The van der Waals surface area contributed by atoms with Crippen LogP contribution in [0.15, 0.2) is 72.8 Å². The molecule has 0 spiro atoms. The van der Waals surface area contributed by atoms with E-state index in [9.17, 15) is 4.79 Å². The van der Waals surface area contributed by atoms with Gasteiger partial charge in [-0.15, -0.1) is 0 Å².